The van der Waals surface area contributed by atoms with Crippen molar-refractivity contribution in [2.75, 3.05) is 7.11 Å². The number of halogens is 3. The summed E-state index contributed by atoms with van der Waals surface area (Å²) in [6, 6.07) is 10.5. The fraction of sp³-hybridized carbons (Fsp3) is 0.370. The summed E-state index contributed by atoms with van der Waals surface area (Å²) < 4.78 is 43.3. The lowest BCUT2D eigenvalue weighted by atomic mass is 9.97. The molecule has 0 aliphatic heterocycles. The standard InChI is InChI=1S/C27H28F3NO3S/c1-16(2)25-23(35-26(31-25)19-7-10-21(11-8-19)27(28,29)30)13-12-22(32)20-6-5-18(17(3)15-20)9-14-24(33)34-4/h5-8,10-11,15-16H,9,12-14H2,1-4H3. The van der Waals surface area contributed by atoms with Crippen molar-refractivity contribution >= 4 is 23.1 Å². The molecule has 3 rings (SSSR count). The van der Waals surface area contributed by atoms with E-state index in [0.717, 1.165) is 33.8 Å². The van der Waals surface area contributed by atoms with Gasteiger partial charge in [0.05, 0.1) is 18.4 Å². The molecule has 0 atom stereocenters. The van der Waals surface area contributed by atoms with Crippen molar-refractivity contribution in [2.24, 2.45) is 0 Å². The number of Topliss-reactive ketones (excluding diaryl/α,β-unsaturated/α-hetero) is 1. The van der Waals surface area contributed by atoms with Gasteiger partial charge in [-0.1, -0.05) is 38.1 Å². The zero-order valence-electron chi connectivity index (χ0n) is 20.2. The second-order valence-electron chi connectivity index (χ2n) is 8.70. The Labute approximate surface area is 207 Å². The molecule has 4 nitrogen and oxygen atoms in total. The number of alkyl halides is 3. The fourth-order valence-electron chi connectivity index (χ4n) is 3.78. The van der Waals surface area contributed by atoms with Crippen molar-refractivity contribution in [3.8, 4) is 10.6 Å². The van der Waals surface area contributed by atoms with E-state index >= 15 is 0 Å². The van der Waals surface area contributed by atoms with Gasteiger partial charge < -0.3 is 4.74 Å². The monoisotopic (exact) mass is 503 g/mol. The van der Waals surface area contributed by atoms with Crippen LogP contribution in [0.1, 0.15) is 70.2 Å². The van der Waals surface area contributed by atoms with Crippen molar-refractivity contribution in [3.63, 3.8) is 0 Å². The fourth-order valence-corrected chi connectivity index (χ4v) is 5.00. The third-order valence-electron chi connectivity index (χ3n) is 5.80. The normalized spacial score (nSPS) is 11.7. The van der Waals surface area contributed by atoms with Gasteiger partial charge in [-0.15, -0.1) is 11.3 Å². The molecule has 1 aromatic heterocycles. The molecule has 2 aromatic carbocycles. The minimum absolute atomic E-state index is 0.00630. The number of thiazole rings is 1. The number of methoxy groups -OCH3 is 1. The molecule has 0 spiro atoms. The molecule has 0 saturated heterocycles. The lowest BCUT2D eigenvalue weighted by Gasteiger charge is -2.08. The predicted octanol–water partition coefficient (Wildman–Crippen LogP) is 7.18. The Bertz CT molecular complexity index is 1200. The Balaban J connectivity index is 1.72. The molecule has 0 aliphatic rings. The average Bonchev–Trinajstić information content (AvgIpc) is 3.25. The van der Waals surface area contributed by atoms with Gasteiger partial charge in [-0.3, -0.25) is 9.59 Å². The van der Waals surface area contributed by atoms with Gasteiger partial charge in [-0.2, -0.15) is 13.2 Å². The van der Waals surface area contributed by atoms with Gasteiger partial charge in [0.15, 0.2) is 5.78 Å². The molecular formula is C27H28F3NO3S. The average molecular weight is 504 g/mol. The largest absolute Gasteiger partial charge is 0.469 e. The third kappa shape index (κ3) is 6.78. The minimum Gasteiger partial charge on any atom is -0.469 e. The smallest absolute Gasteiger partial charge is 0.416 e. The number of ketones is 1. The Morgan fingerprint density at radius 2 is 1.71 bits per heavy atom. The van der Waals surface area contributed by atoms with Crippen molar-refractivity contribution in [1.82, 2.24) is 4.98 Å². The van der Waals surface area contributed by atoms with Crippen LogP contribution in [0.15, 0.2) is 42.5 Å². The van der Waals surface area contributed by atoms with E-state index in [9.17, 15) is 22.8 Å². The quantitative estimate of drug-likeness (QED) is 0.229. The Kier molecular flexibility index (Phi) is 8.48. The van der Waals surface area contributed by atoms with Crippen LogP contribution in [-0.2, 0) is 28.5 Å². The molecule has 0 saturated carbocycles. The molecule has 0 radical (unpaired) electrons. The SMILES string of the molecule is COC(=O)CCc1ccc(C(=O)CCc2sc(-c3ccc(C(F)(F)F)cc3)nc2C(C)C)cc1C. The second-order valence-corrected chi connectivity index (χ2v) is 9.78. The Hall–Kier alpha value is -3.00. The van der Waals surface area contributed by atoms with Crippen LogP contribution in [0.4, 0.5) is 13.2 Å². The number of aromatic nitrogens is 1. The summed E-state index contributed by atoms with van der Waals surface area (Å²) in [7, 11) is 1.36. The van der Waals surface area contributed by atoms with E-state index in [4.69, 9.17) is 0 Å². The number of aryl methyl sites for hydroxylation is 3. The van der Waals surface area contributed by atoms with Gasteiger partial charge in [0.2, 0.25) is 0 Å². The lowest BCUT2D eigenvalue weighted by molar-refractivity contribution is -0.140. The first kappa shape index (κ1) is 26.6. The van der Waals surface area contributed by atoms with Crippen LogP contribution < -0.4 is 0 Å². The van der Waals surface area contributed by atoms with E-state index in [1.165, 1.54) is 30.6 Å². The molecule has 0 unspecified atom stereocenters. The lowest BCUT2D eigenvalue weighted by Crippen LogP contribution is -2.05. The number of hydrogen-bond acceptors (Lipinski definition) is 5. The predicted molar refractivity (Wildman–Crippen MR) is 131 cm³/mol. The zero-order valence-corrected chi connectivity index (χ0v) is 21.0. The Morgan fingerprint density at radius 3 is 2.29 bits per heavy atom. The molecule has 186 valence electrons. The highest BCUT2D eigenvalue weighted by atomic mass is 32.1. The number of benzene rings is 2. The Morgan fingerprint density at radius 1 is 1.03 bits per heavy atom. The van der Waals surface area contributed by atoms with Crippen molar-refractivity contribution < 1.29 is 27.5 Å². The number of ether oxygens (including phenoxy) is 1. The molecule has 0 N–H and O–H groups in total. The highest BCUT2D eigenvalue weighted by Gasteiger charge is 2.30. The molecule has 35 heavy (non-hydrogen) atoms. The summed E-state index contributed by atoms with van der Waals surface area (Å²) in [4.78, 5) is 29.9. The van der Waals surface area contributed by atoms with E-state index in [1.54, 1.807) is 6.07 Å². The summed E-state index contributed by atoms with van der Waals surface area (Å²) in [6.07, 6.45) is -2.73. The molecule has 3 aromatic rings. The van der Waals surface area contributed by atoms with Crippen LogP contribution in [0.5, 0.6) is 0 Å². The summed E-state index contributed by atoms with van der Waals surface area (Å²) in [6.45, 7) is 5.93. The van der Waals surface area contributed by atoms with Crippen molar-refractivity contribution in [2.45, 2.75) is 58.5 Å². The number of hydrogen-bond donors (Lipinski definition) is 0. The van der Waals surface area contributed by atoms with Crippen molar-refractivity contribution in [3.05, 3.63) is 75.3 Å². The van der Waals surface area contributed by atoms with Gasteiger partial charge in [0, 0.05) is 28.8 Å². The highest BCUT2D eigenvalue weighted by molar-refractivity contribution is 7.15. The van der Waals surface area contributed by atoms with Gasteiger partial charge >= 0.3 is 12.1 Å². The van der Waals surface area contributed by atoms with Crippen LogP contribution in [0.3, 0.4) is 0 Å². The van der Waals surface area contributed by atoms with E-state index in [-0.39, 0.29) is 24.1 Å². The van der Waals surface area contributed by atoms with Crippen molar-refractivity contribution in [1.29, 1.82) is 0 Å². The highest BCUT2D eigenvalue weighted by Crippen LogP contribution is 2.35. The zero-order chi connectivity index (χ0) is 25.8. The molecule has 1 heterocycles. The van der Waals surface area contributed by atoms with E-state index in [0.29, 0.717) is 35.4 Å². The molecular weight excluding hydrogens is 475 g/mol. The summed E-state index contributed by atoms with van der Waals surface area (Å²) in [5.74, 6) is -0.145. The number of rotatable bonds is 9. The maximum atomic E-state index is 12.9. The summed E-state index contributed by atoms with van der Waals surface area (Å²) >= 11 is 1.42. The van der Waals surface area contributed by atoms with Crippen LogP contribution >= 0.6 is 11.3 Å². The maximum Gasteiger partial charge on any atom is 0.416 e. The van der Waals surface area contributed by atoms with Crippen LogP contribution in [0.2, 0.25) is 0 Å². The minimum atomic E-state index is -4.38. The first-order valence-electron chi connectivity index (χ1n) is 11.4. The molecule has 0 amide bonds. The van der Waals surface area contributed by atoms with Gasteiger partial charge in [-0.25, -0.2) is 4.98 Å². The molecule has 8 heteroatoms. The van der Waals surface area contributed by atoms with Gasteiger partial charge in [0.1, 0.15) is 5.01 Å². The number of carbonyl (C=O) groups is 2. The maximum absolute atomic E-state index is 12.9. The van der Waals surface area contributed by atoms with E-state index in [2.05, 4.69) is 9.72 Å². The number of nitrogens with zero attached hydrogens (tertiary/aromatic N) is 1. The summed E-state index contributed by atoms with van der Waals surface area (Å²) in [5, 5.41) is 0.649. The molecule has 0 bridgehead atoms. The summed E-state index contributed by atoms with van der Waals surface area (Å²) in [5.41, 5.74) is 3.36. The number of carbonyl (C=O) groups excluding carboxylic acids is 2. The molecule has 0 aliphatic carbocycles. The number of esters is 1. The first-order chi connectivity index (χ1) is 16.5. The van der Waals surface area contributed by atoms with Crippen LogP contribution in [-0.4, -0.2) is 23.8 Å². The second kappa shape index (κ2) is 11.2. The topological polar surface area (TPSA) is 56.3 Å². The van der Waals surface area contributed by atoms with E-state index < -0.39 is 11.7 Å². The molecule has 0 fully saturated rings. The van der Waals surface area contributed by atoms with E-state index in [1.807, 2.05) is 32.9 Å². The third-order valence-corrected chi connectivity index (χ3v) is 6.98. The first-order valence-corrected chi connectivity index (χ1v) is 12.2. The van der Waals surface area contributed by atoms with Gasteiger partial charge in [0.25, 0.3) is 0 Å². The van der Waals surface area contributed by atoms with Crippen LogP contribution in [0.25, 0.3) is 10.6 Å². The van der Waals surface area contributed by atoms with Crippen LogP contribution in [0, 0.1) is 6.92 Å². The van der Waals surface area contributed by atoms with Gasteiger partial charge in [-0.05, 0) is 55.0 Å².